The maximum Gasteiger partial charge on any atom is 0.102 e. The summed E-state index contributed by atoms with van der Waals surface area (Å²) in [4.78, 5) is 0. The van der Waals surface area contributed by atoms with Gasteiger partial charge in [-0.25, -0.2) is 4.39 Å². The van der Waals surface area contributed by atoms with Crippen molar-refractivity contribution in [3.63, 3.8) is 0 Å². The van der Waals surface area contributed by atoms with Crippen molar-refractivity contribution in [2.45, 2.75) is 13.0 Å². The highest BCUT2D eigenvalue weighted by Crippen LogP contribution is 2.23. The second-order valence-electron chi connectivity index (χ2n) is 2.76. The highest BCUT2D eigenvalue weighted by molar-refractivity contribution is 7.99. The maximum absolute atomic E-state index is 11.7. The second kappa shape index (κ2) is 4.19. The molecular weight excluding hydrogens is 149 g/mol. The minimum Gasteiger partial charge on any atom is -0.310 e. The van der Waals surface area contributed by atoms with E-state index in [1.807, 2.05) is 11.8 Å². The molecule has 0 aromatic carbocycles. The molecule has 0 spiro atoms. The van der Waals surface area contributed by atoms with Crippen molar-refractivity contribution in [1.82, 2.24) is 5.32 Å². The summed E-state index contributed by atoms with van der Waals surface area (Å²) >= 11 is 1.96. The molecule has 0 aliphatic carbocycles. The van der Waals surface area contributed by atoms with Crippen molar-refractivity contribution in [2.75, 3.05) is 24.7 Å². The van der Waals surface area contributed by atoms with E-state index in [4.69, 9.17) is 0 Å². The van der Waals surface area contributed by atoms with Crippen molar-refractivity contribution in [1.29, 1.82) is 0 Å². The van der Waals surface area contributed by atoms with Gasteiger partial charge in [0, 0.05) is 18.3 Å². The Bertz CT molecular complexity index is 99.6. The molecule has 0 aromatic rings. The summed E-state index contributed by atoms with van der Waals surface area (Å²) in [5.74, 6) is 3.10. The molecule has 0 radical (unpaired) electrons. The number of thioether (sulfide) groups is 1. The molecule has 60 valence electrons. The Labute approximate surface area is 65.8 Å². The zero-order valence-electron chi connectivity index (χ0n) is 6.27. The monoisotopic (exact) mass is 163 g/mol. The van der Waals surface area contributed by atoms with E-state index in [9.17, 15) is 4.39 Å². The standard InChI is InChI=1S/C7H14FNS/c1-6-4-10-5-7(6)9-3-2-8/h6-7,9H,2-5H2,1H3. The number of hydrogen-bond donors (Lipinski definition) is 1. The summed E-state index contributed by atoms with van der Waals surface area (Å²) in [5, 5.41) is 3.19. The van der Waals surface area contributed by atoms with Crippen molar-refractivity contribution in [2.24, 2.45) is 5.92 Å². The van der Waals surface area contributed by atoms with E-state index in [1.54, 1.807) is 0 Å². The third-order valence-electron chi connectivity index (χ3n) is 1.87. The summed E-state index contributed by atoms with van der Waals surface area (Å²) in [5.41, 5.74) is 0. The molecule has 1 rings (SSSR count). The Morgan fingerprint density at radius 3 is 2.90 bits per heavy atom. The molecule has 2 atom stereocenters. The first-order valence-electron chi connectivity index (χ1n) is 3.71. The highest BCUT2D eigenvalue weighted by atomic mass is 32.2. The van der Waals surface area contributed by atoms with E-state index in [2.05, 4.69) is 12.2 Å². The lowest BCUT2D eigenvalue weighted by Gasteiger charge is -2.14. The number of hydrogen-bond acceptors (Lipinski definition) is 2. The number of halogens is 1. The minimum absolute atomic E-state index is 0.242. The Hall–Kier alpha value is 0.240. The van der Waals surface area contributed by atoms with E-state index >= 15 is 0 Å². The second-order valence-corrected chi connectivity index (χ2v) is 3.84. The van der Waals surface area contributed by atoms with Crippen molar-refractivity contribution in [3.8, 4) is 0 Å². The molecule has 1 aliphatic rings. The van der Waals surface area contributed by atoms with Gasteiger partial charge in [-0.2, -0.15) is 11.8 Å². The van der Waals surface area contributed by atoms with Crippen LogP contribution in [0.25, 0.3) is 0 Å². The van der Waals surface area contributed by atoms with Crippen LogP contribution in [0.4, 0.5) is 4.39 Å². The average molecular weight is 163 g/mol. The van der Waals surface area contributed by atoms with Gasteiger partial charge >= 0.3 is 0 Å². The van der Waals surface area contributed by atoms with Crippen molar-refractivity contribution < 1.29 is 4.39 Å². The Morgan fingerprint density at radius 1 is 1.60 bits per heavy atom. The fraction of sp³-hybridized carbons (Fsp3) is 1.00. The van der Waals surface area contributed by atoms with Gasteiger partial charge in [0.25, 0.3) is 0 Å². The molecular formula is C7H14FNS. The van der Waals surface area contributed by atoms with E-state index in [1.165, 1.54) is 5.75 Å². The molecule has 0 bridgehead atoms. The lowest BCUT2D eigenvalue weighted by molar-refractivity contribution is 0.404. The molecule has 0 aromatic heterocycles. The minimum atomic E-state index is -0.242. The molecule has 0 amide bonds. The Morgan fingerprint density at radius 2 is 2.40 bits per heavy atom. The predicted molar refractivity (Wildman–Crippen MR) is 44.3 cm³/mol. The predicted octanol–water partition coefficient (Wildman–Crippen LogP) is 1.30. The normalized spacial score (nSPS) is 33.0. The molecule has 1 heterocycles. The van der Waals surface area contributed by atoms with Gasteiger partial charge in [-0.15, -0.1) is 0 Å². The van der Waals surface area contributed by atoms with Crippen LogP contribution in [-0.2, 0) is 0 Å². The van der Waals surface area contributed by atoms with Gasteiger partial charge in [0.2, 0.25) is 0 Å². The van der Waals surface area contributed by atoms with E-state index in [-0.39, 0.29) is 6.67 Å². The zero-order chi connectivity index (χ0) is 7.40. The summed E-state index contributed by atoms with van der Waals surface area (Å²) in [6.45, 7) is 2.50. The first-order valence-corrected chi connectivity index (χ1v) is 4.87. The fourth-order valence-electron chi connectivity index (χ4n) is 1.16. The summed E-state index contributed by atoms with van der Waals surface area (Å²) in [7, 11) is 0. The summed E-state index contributed by atoms with van der Waals surface area (Å²) in [6.07, 6.45) is 0. The Kier molecular flexibility index (Phi) is 3.49. The van der Waals surface area contributed by atoms with Crippen LogP contribution in [0.15, 0.2) is 0 Å². The van der Waals surface area contributed by atoms with Gasteiger partial charge in [0.15, 0.2) is 0 Å². The van der Waals surface area contributed by atoms with Crippen LogP contribution in [0, 0.1) is 5.92 Å². The largest absolute Gasteiger partial charge is 0.310 e. The maximum atomic E-state index is 11.7. The summed E-state index contributed by atoms with van der Waals surface area (Å²) in [6, 6.07) is 0.556. The van der Waals surface area contributed by atoms with Crippen LogP contribution in [0.2, 0.25) is 0 Å². The molecule has 1 aliphatic heterocycles. The lowest BCUT2D eigenvalue weighted by atomic mass is 10.1. The molecule has 3 heteroatoms. The van der Waals surface area contributed by atoms with Crippen molar-refractivity contribution >= 4 is 11.8 Å². The molecule has 10 heavy (non-hydrogen) atoms. The SMILES string of the molecule is CC1CSCC1NCCF. The molecule has 0 saturated carbocycles. The van der Waals surface area contributed by atoms with Gasteiger partial charge in [0.05, 0.1) is 0 Å². The van der Waals surface area contributed by atoms with Gasteiger partial charge in [0.1, 0.15) is 6.67 Å². The van der Waals surface area contributed by atoms with Gasteiger partial charge < -0.3 is 5.32 Å². The molecule has 2 unspecified atom stereocenters. The zero-order valence-corrected chi connectivity index (χ0v) is 7.09. The first-order chi connectivity index (χ1) is 4.84. The van der Waals surface area contributed by atoms with Gasteiger partial charge in [-0.05, 0) is 11.7 Å². The smallest absolute Gasteiger partial charge is 0.102 e. The fourth-order valence-corrected chi connectivity index (χ4v) is 2.60. The first kappa shape index (κ1) is 8.34. The van der Waals surface area contributed by atoms with Crippen LogP contribution in [-0.4, -0.2) is 30.8 Å². The average Bonchev–Trinajstić information content (AvgIpc) is 2.31. The van der Waals surface area contributed by atoms with Crippen LogP contribution < -0.4 is 5.32 Å². The Balaban J connectivity index is 2.14. The van der Waals surface area contributed by atoms with Crippen LogP contribution >= 0.6 is 11.8 Å². The molecule has 1 N–H and O–H groups in total. The van der Waals surface area contributed by atoms with Crippen LogP contribution in [0.1, 0.15) is 6.92 Å². The third-order valence-corrected chi connectivity index (χ3v) is 3.22. The topological polar surface area (TPSA) is 12.0 Å². The third kappa shape index (κ3) is 2.13. The van der Waals surface area contributed by atoms with Crippen LogP contribution in [0.3, 0.4) is 0 Å². The molecule has 1 fully saturated rings. The van der Waals surface area contributed by atoms with Crippen LogP contribution in [0.5, 0.6) is 0 Å². The summed E-state index contributed by atoms with van der Waals surface area (Å²) < 4.78 is 11.7. The quantitative estimate of drug-likeness (QED) is 0.673. The van der Waals surface area contributed by atoms with E-state index in [0.29, 0.717) is 12.6 Å². The number of alkyl halides is 1. The lowest BCUT2D eigenvalue weighted by Crippen LogP contribution is -2.35. The van der Waals surface area contributed by atoms with E-state index in [0.717, 1.165) is 11.7 Å². The number of nitrogens with one attached hydrogen (secondary N) is 1. The van der Waals surface area contributed by atoms with E-state index < -0.39 is 0 Å². The number of rotatable bonds is 3. The molecule has 1 nitrogen and oxygen atoms in total. The molecule has 1 saturated heterocycles. The highest BCUT2D eigenvalue weighted by Gasteiger charge is 2.22. The van der Waals surface area contributed by atoms with Crippen molar-refractivity contribution in [3.05, 3.63) is 0 Å². The van der Waals surface area contributed by atoms with Gasteiger partial charge in [-0.3, -0.25) is 0 Å². The van der Waals surface area contributed by atoms with Gasteiger partial charge in [-0.1, -0.05) is 6.92 Å².